The van der Waals surface area contributed by atoms with E-state index in [9.17, 15) is 0 Å². The molecule has 0 amide bonds. The molecular formula is C52H35N3S. The molecule has 0 atom stereocenters. The van der Waals surface area contributed by atoms with Crippen molar-refractivity contribution < 1.29 is 0 Å². The molecule has 0 radical (unpaired) electrons. The smallest absolute Gasteiger partial charge is 0.164 e. The van der Waals surface area contributed by atoms with E-state index in [-0.39, 0.29) is 0 Å². The van der Waals surface area contributed by atoms with Crippen molar-refractivity contribution in [1.82, 2.24) is 15.0 Å². The summed E-state index contributed by atoms with van der Waals surface area (Å²) in [5, 5.41) is 0. The summed E-state index contributed by atoms with van der Waals surface area (Å²) < 4.78 is 0. The van der Waals surface area contributed by atoms with E-state index in [4.69, 9.17) is 15.0 Å². The molecule has 1 aliphatic rings. The minimum absolute atomic E-state index is 0.449. The van der Waals surface area contributed by atoms with Crippen molar-refractivity contribution in [3.8, 4) is 56.4 Å². The largest absolute Gasteiger partial charge is 0.208 e. The van der Waals surface area contributed by atoms with Crippen LogP contribution < -0.4 is 0 Å². The van der Waals surface area contributed by atoms with E-state index in [1.54, 1.807) is 0 Å². The Morgan fingerprint density at radius 3 is 1.34 bits per heavy atom. The van der Waals surface area contributed by atoms with Gasteiger partial charge in [-0.05, 0) is 62.7 Å². The van der Waals surface area contributed by atoms with Crippen molar-refractivity contribution in [3.05, 3.63) is 235 Å². The zero-order valence-corrected chi connectivity index (χ0v) is 31.3. The average molecular weight is 734 g/mol. The van der Waals surface area contributed by atoms with E-state index in [1.165, 1.54) is 32.0 Å². The zero-order chi connectivity index (χ0) is 37.3. The van der Waals surface area contributed by atoms with Crippen LogP contribution in [0.3, 0.4) is 0 Å². The second kappa shape index (κ2) is 14.4. The highest BCUT2D eigenvalue weighted by Crippen LogP contribution is 2.56. The molecule has 8 aromatic carbocycles. The summed E-state index contributed by atoms with van der Waals surface area (Å²) >= 11 is 1.85. The SMILES string of the molecule is c1ccc(-c2cccc(-c3nc(-c4ccccc4)nc(-c4ccc(-c5ccc6c(c5)Sc5ccccc5C6(c5ccccc5)c5ccccc5)cc4)n3)c2)cc1. The van der Waals surface area contributed by atoms with Gasteiger partial charge in [-0.25, -0.2) is 15.0 Å². The number of benzene rings is 8. The molecule has 9 aromatic rings. The molecule has 0 spiro atoms. The summed E-state index contributed by atoms with van der Waals surface area (Å²) in [4.78, 5) is 17.6. The Morgan fingerprint density at radius 2 is 0.696 bits per heavy atom. The van der Waals surface area contributed by atoms with Crippen molar-refractivity contribution in [1.29, 1.82) is 0 Å². The normalized spacial score (nSPS) is 12.7. The molecule has 0 saturated heterocycles. The molecule has 1 aliphatic heterocycles. The van der Waals surface area contributed by atoms with Crippen LogP contribution in [0.1, 0.15) is 22.3 Å². The predicted octanol–water partition coefficient (Wildman–Crippen LogP) is 13.1. The second-order valence-corrected chi connectivity index (χ2v) is 15.1. The third kappa shape index (κ3) is 6.01. The van der Waals surface area contributed by atoms with E-state index >= 15 is 0 Å². The average Bonchev–Trinajstić information content (AvgIpc) is 3.29. The first-order valence-electron chi connectivity index (χ1n) is 18.9. The summed E-state index contributed by atoms with van der Waals surface area (Å²) in [6.07, 6.45) is 0. The lowest BCUT2D eigenvalue weighted by molar-refractivity contribution is 0.703. The van der Waals surface area contributed by atoms with Crippen LogP contribution in [0.5, 0.6) is 0 Å². The summed E-state index contributed by atoms with van der Waals surface area (Å²) in [6.45, 7) is 0. The fourth-order valence-corrected chi connectivity index (χ4v) is 9.25. The molecule has 2 heterocycles. The third-order valence-corrected chi connectivity index (χ3v) is 11.8. The zero-order valence-electron chi connectivity index (χ0n) is 30.5. The van der Waals surface area contributed by atoms with Gasteiger partial charge in [0.15, 0.2) is 17.5 Å². The first-order valence-corrected chi connectivity index (χ1v) is 19.7. The van der Waals surface area contributed by atoms with Crippen molar-refractivity contribution in [2.75, 3.05) is 0 Å². The molecule has 264 valence electrons. The monoisotopic (exact) mass is 733 g/mol. The quantitative estimate of drug-likeness (QED) is 0.163. The van der Waals surface area contributed by atoms with E-state index in [1.807, 2.05) is 48.2 Å². The molecule has 10 rings (SSSR count). The Hall–Kier alpha value is -6.88. The molecular weight excluding hydrogens is 699 g/mol. The first-order chi connectivity index (χ1) is 27.7. The molecule has 0 saturated carbocycles. The highest BCUT2D eigenvalue weighted by Gasteiger charge is 2.44. The lowest BCUT2D eigenvalue weighted by Gasteiger charge is -2.42. The van der Waals surface area contributed by atoms with Gasteiger partial charge in [-0.2, -0.15) is 0 Å². The molecule has 56 heavy (non-hydrogen) atoms. The third-order valence-electron chi connectivity index (χ3n) is 10.7. The number of fused-ring (bicyclic) bond motifs is 2. The van der Waals surface area contributed by atoms with Crippen LogP contribution in [0.4, 0.5) is 0 Å². The van der Waals surface area contributed by atoms with Gasteiger partial charge in [0.05, 0.1) is 5.41 Å². The summed E-state index contributed by atoms with van der Waals surface area (Å²) in [5.74, 6) is 1.92. The second-order valence-electron chi connectivity index (χ2n) is 14.0. The van der Waals surface area contributed by atoms with Gasteiger partial charge in [0.1, 0.15) is 0 Å². The number of rotatable bonds is 7. The maximum atomic E-state index is 5.06. The molecule has 3 nitrogen and oxygen atoms in total. The van der Waals surface area contributed by atoms with Gasteiger partial charge in [0, 0.05) is 26.5 Å². The molecule has 4 heteroatoms. The Morgan fingerprint density at radius 1 is 0.286 bits per heavy atom. The number of hydrogen-bond donors (Lipinski definition) is 0. The van der Waals surface area contributed by atoms with Crippen LogP contribution in [0.15, 0.2) is 222 Å². The van der Waals surface area contributed by atoms with Gasteiger partial charge in [0.25, 0.3) is 0 Å². The molecule has 1 aromatic heterocycles. The van der Waals surface area contributed by atoms with Crippen molar-refractivity contribution in [2.24, 2.45) is 0 Å². The molecule has 0 N–H and O–H groups in total. The van der Waals surface area contributed by atoms with Crippen LogP contribution in [0, 0.1) is 0 Å². The molecule has 0 unspecified atom stereocenters. The van der Waals surface area contributed by atoms with Crippen LogP contribution in [-0.4, -0.2) is 15.0 Å². The van der Waals surface area contributed by atoms with Crippen LogP contribution in [0.2, 0.25) is 0 Å². The van der Waals surface area contributed by atoms with Crippen LogP contribution in [-0.2, 0) is 5.41 Å². The van der Waals surface area contributed by atoms with E-state index in [0.717, 1.165) is 38.9 Å². The maximum Gasteiger partial charge on any atom is 0.164 e. The highest BCUT2D eigenvalue weighted by molar-refractivity contribution is 7.99. The Balaban J connectivity index is 1.05. The van der Waals surface area contributed by atoms with E-state index < -0.39 is 5.41 Å². The number of aromatic nitrogens is 3. The van der Waals surface area contributed by atoms with Crippen LogP contribution in [0.25, 0.3) is 56.4 Å². The Kier molecular flexibility index (Phi) is 8.66. The Labute approximate surface area is 331 Å². The fourth-order valence-electron chi connectivity index (χ4n) is 8.02. The minimum atomic E-state index is -0.449. The number of hydrogen-bond acceptors (Lipinski definition) is 4. The van der Waals surface area contributed by atoms with Crippen molar-refractivity contribution >= 4 is 11.8 Å². The summed E-state index contributed by atoms with van der Waals surface area (Å²) in [7, 11) is 0. The van der Waals surface area contributed by atoms with E-state index in [2.05, 4.69) is 176 Å². The van der Waals surface area contributed by atoms with E-state index in [0.29, 0.717) is 17.5 Å². The lowest BCUT2D eigenvalue weighted by atomic mass is 9.64. The molecule has 0 aliphatic carbocycles. The summed E-state index contributed by atoms with van der Waals surface area (Å²) in [5.41, 5.74) is 12.1. The highest BCUT2D eigenvalue weighted by atomic mass is 32.2. The fraction of sp³-hybridized carbons (Fsp3) is 0.0192. The number of nitrogens with zero attached hydrogens (tertiary/aromatic N) is 3. The first kappa shape index (κ1) is 33.7. The van der Waals surface area contributed by atoms with Crippen molar-refractivity contribution in [2.45, 2.75) is 15.2 Å². The Bertz CT molecular complexity index is 2770. The van der Waals surface area contributed by atoms with Gasteiger partial charge in [-0.3, -0.25) is 0 Å². The van der Waals surface area contributed by atoms with Gasteiger partial charge in [0.2, 0.25) is 0 Å². The van der Waals surface area contributed by atoms with Gasteiger partial charge >= 0.3 is 0 Å². The van der Waals surface area contributed by atoms with Gasteiger partial charge in [-0.1, -0.05) is 206 Å². The summed E-state index contributed by atoms with van der Waals surface area (Å²) in [6, 6.07) is 75.3. The van der Waals surface area contributed by atoms with Crippen LogP contribution >= 0.6 is 11.8 Å². The maximum absolute atomic E-state index is 5.06. The minimum Gasteiger partial charge on any atom is -0.208 e. The molecule has 0 bridgehead atoms. The van der Waals surface area contributed by atoms with Gasteiger partial charge < -0.3 is 0 Å². The molecule has 0 fully saturated rings. The standard InChI is InChI=1S/C52H35N3S/c1-5-16-36(17-6-1)40-20-15-21-42(34-40)51-54-49(38-18-7-2-8-19-38)53-50(55-51)39-30-28-37(29-31-39)41-32-33-46-48(35-41)56-47-27-14-13-26-45(47)52(46,43-22-9-3-10-23-43)44-24-11-4-12-25-44/h1-35H. The van der Waals surface area contributed by atoms with Gasteiger partial charge in [-0.15, -0.1) is 0 Å². The predicted molar refractivity (Wildman–Crippen MR) is 229 cm³/mol. The van der Waals surface area contributed by atoms with Crippen molar-refractivity contribution in [3.63, 3.8) is 0 Å². The lowest BCUT2D eigenvalue weighted by Crippen LogP contribution is -2.34. The topological polar surface area (TPSA) is 38.7 Å².